The highest BCUT2D eigenvalue weighted by Gasteiger charge is 2.14. The number of para-hydroxylation sites is 1. The smallest absolute Gasteiger partial charge is 0.190 e. The molecule has 0 amide bonds. The highest BCUT2D eigenvalue weighted by Crippen LogP contribution is 2.23. The zero-order valence-corrected chi connectivity index (χ0v) is 11.5. The van der Waals surface area contributed by atoms with Gasteiger partial charge in [0.1, 0.15) is 6.61 Å². The van der Waals surface area contributed by atoms with E-state index in [-0.39, 0.29) is 12.4 Å². The van der Waals surface area contributed by atoms with Gasteiger partial charge in [-0.2, -0.15) is 0 Å². The van der Waals surface area contributed by atoms with Crippen LogP contribution in [0.2, 0.25) is 0 Å². The zero-order valence-electron chi connectivity index (χ0n) is 11.5. The minimum Gasteiger partial charge on any atom is -0.486 e. The Morgan fingerprint density at radius 2 is 1.75 bits per heavy atom. The minimum atomic E-state index is -0.724. The summed E-state index contributed by atoms with van der Waals surface area (Å²) in [6, 6.07) is 9.04. The van der Waals surface area contributed by atoms with E-state index in [0.29, 0.717) is 0 Å². The Bertz CT molecular complexity index is 593. The number of ether oxygens (including phenoxy) is 1. The molecule has 0 aliphatic carbocycles. The van der Waals surface area contributed by atoms with Crippen LogP contribution < -0.4 is 10.5 Å². The maximum absolute atomic E-state index is 13.4. The average molecular weight is 277 g/mol. The molecule has 0 saturated heterocycles. The van der Waals surface area contributed by atoms with Crippen LogP contribution in [-0.4, -0.2) is 6.61 Å². The molecule has 1 unspecified atom stereocenters. The Kier molecular flexibility index (Phi) is 4.35. The topological polar surface area (TPSA) is 35.2 Å². The summed E-state index contributed by atoms with van der Waals surface area (Å²) in [6.45, 7) is 3.96. The summed E-state index contributed by atoms with van der Waals surface area (Å²) in [5.74, 6) is -1.83. The lowest BCUT2D eigenvalue weighted by Crippen LogP contribution is -2.20. The molecule has 0 aliphatic rings. The fraction of sp³-hybridized carbons (Fsp3) is 0.250. The molecule has 0 heterocycles. The fourth-order valence-electron chi connectivity index (χ4n) is 2.12. The molecule has 2 nitrogen and oxygen atoms in total. The lowest BCUT2D eigenvalue weighted by atomic mass is 10.0. The maximum Gasteiger partial charge on any atom is 0.190 e. The van der Waals surface area contributed by atoms with Gasteiger partial charge >= 0.3 is 0 Å². The van der Waals surface area contributed by atoms with Gasteiger partial charge < -0.3 is 10.5 Å². The Hall–Kier alpha value is -1.94. The van der Waals surface area contributed by atoms with E-state index in [1.165, 1.54) is 6.07 Å². The van der Waals surface area contributed by atoms with E-state index in [2.05, 4.69) is 0 Å². The van der Waals surface area contributed by atoms with Crippen LogP contribution in [0.15, 0.2) is 36.4 Å². The van der Waals surface area contributed by atoms with E-state index < -0.39 is 17.7 Å². The van der Waals surface area contributed by atoms with Crippen LogP contribution in [0.1, 0.15) is 22.7 Å². The second-order valence-corrected chi connectivity index (χ2v) is 4.83. The van der Waals surface area contributed by atoms with Gasteiger partial charge in [0.05, 0.1) is 6.04 Å². The summed E-state index contributed by atoms with van der Waals surface area (Å²) in [5.41, 5.74) is 9.11. The van der Waals surface area contributed by atoms with Gasteiger partial charge in [-0.15, -0.1) is 0 Å². The predicted octanol–water partition coefficient (Wildman–Crippen LogP) is 3.66. The van der Waals surface area contributed by atoms with E-state index in [1.807, 2.05) is 32.0 Å². The summed E-state index contributed by atoms with van der Waals surface area (Å²) in [6.07, 6.45) is 0. The van der Waals surface area contributed by atoms with Crippen LogP contribution in [0.5, 0.6) is 5.75 Å². The van der Waals surface area contributed by atoms with Gasteiger partial charge in [-0.05, 0) is 37.1 Å². The molecule has 0 aliphatic heterocycles. The van der Waals surface area contributed by atoms with Crippen molar-refractivity contribution in [3.63, 3.8) is 0 Å². The SMILES string of the molecule is Cc1ccc(C(N)COc2c(F)cccc2F)c(C)c1. The molecule has 2 N–H and O–H groups in total. The number of hydrogen-bond acceptors (Lipinski definition) is 2. The first-order chi connectivity index (χ1) is 9.49. The van der Waals surface area contributed by atoms with Crippen LogP contribution in [0.3, 0.4) is 0 Å². The molecule has 20 heavy (non-hydrogen) atoms. The summed E-state index contributed by atoms with van der Waals surface area (Å²) in [4.78, 5) is 0. The summed E-state index contributed by atoms with van der Waals surface area (Å²) < 4.78 is 32.1. The molecule has 2 rings (SSSR count). The molecule has 0 saturated carbocycles. The Morgan fingerprint density at radius 3 is 2.35 bits per heavy atom. The normalized spacial score (nSPS) is 12.2. The van der Waals surface area contributed by atoms with Crippen molar-refractivity contribution in [2.24, 2.45) is 5.73 Å². The van der Waals surface area contributed by atoms with Crippen molar-refractivity contribution in [2.45, 2.75) is 19.9 Å². The van der Waals surface area contributed by atoms with E-state index in [0.717, 1.165) is 28.8 Å². The molecule has 106 valence electrons. The van der Waals surface area contributed by atoms with E-state index >= 15 is 0 Å². The molecule has 0 fully saturated rings. The van der Waals surface area contributed by atoms with Gasteiger partial charge in [0, 0.05) is 0 Å². The Morgan fingerprint density at radius 1 is 1.10 bits per heavy atom. The first kappa shape index (κ1) is 14.5. The monoisotopic (exact) mass is 277 g/mol. The third-order valence-electron chi connectivity index (χ3n) is 3.15. The predicted molar refractivity (Wildman–Crippen MR) is 74.7 cm³/mol. The first-order valence-corrected chi connectivity index (χ1v) is 6.38. The third-order valence-corrected chi connectivity index (χ3v) is 3.15. The van der Waals surface area contributed by atoms with Crippen molar-refractivity contribution in [3.8, 4) is 5.75 Å². The van der Waals surface area contributed by atoms with Crippen LogP contribution in [0.4, 0.5) is 8.78 Å². The molecule has 1 atom stereocenters. The number of halogens is 2. The number of aryl methyl sites for hydroxylation is 2. The molecular formula is C16H17F2NO. The standard InChI is InChI=1S/C16H17F2NO/c1-10-6-7-12(11(2)8-10)15(19)9-20-16-13(17)4-3-5-14(16)18/h3-8,15H,9,19H2,1-2H3. The highest BCUT2D eigenvalue weighted by atomic mass is 19.1. The lowest BCUT2D eigenvalue weighted by molar-refractivity contribution is 0.263. The minimum absolute atomic E-state index is 0.0156. The van der Waals surface area contributed by atoms with Crippen LogP contribution in [-0.2, 0) is 0 Å². The van der Waals surface area contributed by atoms with Crippen molar-refractivity contribution in [2.75, 3.05) is 6.61 Å². The third kappa shape index (κ3) is 3.14. The Balaban J connectivity index is 2.11. The van der Waals surface area contributed by atoms with Gasteiger partial charge in [0.15, 0.2) is 17.4 Å². The molecule has 4 heteroatoms. The second-order valence-electron chi connectivity index (χ2n) is 4.83. The fourth-order valence-corrected chi connectivity index (χ4v) is 2.12. The Labute approximate surface area is 117 Å². The number of hydrogen-bond donors (Lipinski definition) is 1. The second kappa shape index (κ2) is 6.01. The molecule has 2 aromatic carbocycles. The van der Waals surface area contributed by atoms with Crippen molar-refractivity contribution in [3.05, 3.63) is 64.7 Å². The van der Waals surface area contributed by atoms with Crippen molar-refractivity contribution in [1.29, 1.82) is 0 Å². The zero-order chi connectivity index (χ0) is 14.7. The van der Waals surface area contributed by atoms with Gasteiger partial charge in [-0.3, -0.25) is 0 Å². The number of nitrogens with two attached hydrogens (primary N) is 1. The summed E-state index contributed by atoms with van der Waals surface area (Å²) >= 11 is 0. The highest BCUT2D eigenvalue weighted by molar-refractivity contribution is 5.33. The van der Waals surface area contributed by atoms with E-state index in [1.54, 1.807) is 0 Å². The lowest BCUT2D eigenvalue weighted by Gasteiger charge is -2.16. The maximum atomic E-state index is 13.4. The molecule has 0 radical (unpaired) electrons. The van der Waals surface area contributed by atoms with Crippen LogP contribution in [0.25, 0.3) is 0 Å². The largest absolute Gasteiger partial charge is 0.486 e. The molecular weight excluding hydrogens is 260 g/mol. The molecule has 0 bridgehead atoms. The van der Waals surface area contributed by atoms with Crippen molar-refractivity contribution >= 4 is 0 Å². The van der Waals surface area contributed by atoms with Gasteiger partial charge in [-0.1, -0.05) is 29.8 Å². The average Bonchev–Trinajstić information content (AvgIpc) is 2.37. The van der Waals surface area contributed by atoms with Crippen LogP contribution >= 0.6 is 0 Å². The van der Waals surface area contributed by atoms with Crippen LogP contribution in [0, 0.1) is 25.5 Å². The van der Waals surface area contributed by atoms with E-state index in [4.69, 9.17) is 10.5 Å². The summed E-state index contributed by atoms with van der Waals surface area (Å²) in [5, 5.41) is 0. The van der Waals surface area contributed by atoms with Crippen molar-refractivity contribution in [1.82, 2.24) is 0 Å². The van der Waals surface area contributed by atoms with Gasteiger partial charge in [-0.25, -0.2) is 8.78 Å². The molecule has 0 aromatic heterocycles. The summed E-state index contributed by atoms with van der Waals surface area (Å²) in [7, 11) is 0. The quantitative estimate of drug-likeness (QED) is 0.925. The number of benzene rings is 2. The molecule has 0 spiro atoms. The van der Waals surface area contributed by atoms with Crippen molar-refractivity contribution < 1.29 is 13.5 Å². The van der Waals surface area contributed by atoms with Gasteiger partial charge in [0.25, 0.3) is 0 Å². The van der Waals surface area contributed by atoms with Gasteiger partial charge in [0.2, 0.25) is 0 Å². The van der Waals surface area contributed by atoms with E-state index in [9.17, 15) is 8.78 Å². The number of rotatable bonds is 4. The molecule has 2 aromatic rings. The first-order valence-electron chi connectivity index (χ1n) is 6.38.